The molecule has 4 aromatic heterocycles. The molecule has 2 N–H and O–H groups in total. The van der Waals surface area contributed by atoms with E-state index in [9.17, 15) is 8.42 Å². The van der Waals surface area contributed by atoms with Crippen LogP contribution in [0.1, 0.15) is 19.5 Å². The number of hydrogen-bond donors (Lipinski definition) is 1. The lowest BCUT2D eigenvalue weighted by Crippen LogP contribution is -2.57. The predicted octanol–water partition coefficient (Wildman–Crippen LogP) is 2.79. The van der Waals surface area contributed by atoms with Gasteiger partial charge in [0.05, 0.1) is 35.8 Å². The number of nitrogens with zero attached hydrogens (tertiary/aromatic N) is 6. The minimum Gasteiger partial charge on any atom is -0.496 e. The molecule has 0 saturated carbocycles. The van der Waals surface area contributed by atoms with Gasteiger partial charge in [0.15, 0.2) is 5.82 Å². The van der Waals surface area contributed by atoms with E-state index in [1.54, 1.807) is 36.4 Å². The van der Waals surface area contributed by atoms with Gasteiger partial charge in [0.25, 0.3) is 0 Å². The molecule has 5 heterocycles. The van der Waals surface area contributed by atoms with Crippen molar-refractivity contribution in [3.8, 4) is 28.7 Å². The number of rotatable bonds is 9. The van der Waals surface area contributed by atoms with Crippen LogP contribution in [0.3, 0.4) is 0 Å². The van der Waals surface area contributed by atoms with Gasteiger partial charge in [-0.2, -0.15) is 10.1 Å². The van der Waals surface area contributed by atoms with Crippen LogP contribution in [0.4, 0.5) is 5.69 Å². The Labute approximate surface area is 227 Å². The van der Waals surface area contributed by atoms with E-state index in [1.807, 2.05) is 39.0 Å². The van der Waals surface area contributed by atoms with Crippen LogP contribution in [-0.4, -0.2) is 77.5 Å². The SMILES string of the molecule is COc1ccncc1-c1cc2c(cnn2-c2cc(N3C[C@H](CS(C)(=O)=O)[C@H]3C)cc(OCC(C)N)n2)c(C)n1. The number of fused-ring (bicyclic) bond motifs is 1. The number of hydrogen-bond acceptors (Lipinski definition) is 10. The van der Waals surface area contributed by atoms with Crippen LogP contribution in [0.5, 0.6) is 11.6 Å². The second kappa shape index (κ2) is 10.4. The fraction of sp³-hybridized carbons (Fsp3) is 0.407. The average Bonchev–Trinajstić information content (AvgIpc) is 3.33. The molecule has 0 aromatic carbocycles. The number of aryl methyl sites for hydroxylation is 1. The van der Waals surface area contributed by atoms with Gasteiger partial charge in [-0.3, -0.25) is 9.97 Å². The number of sulfone groups is 1. The van der Waals surface area contributed by atoms with Gasteiger partial charge in [-0.15, -0.1) is 0 Å². The van der Waals surface area contributed by atoms with Gasteiger partial charge in [0.2, 0.25) is 5.88 Å². The quantitative estimate of drug-likeness (QED) is 0.330. The lowest BCUT2D eigenvalue weighted by atomic mass is 9.91. The van der Waals surface area contributed by atoms with Gasteiger partial charge in [-0.05, 0) is 32.9 Å². The van der Waals surface area contributed by atoms with Gasteiger partial charge in [0.1, 0.15) is 22.2 Å². The summed E-state index contributed by atoms with van der Waals surface area (Å²) in [6, 6.07) is 7.42. The molecule has 1 unspecified atom stereocenters. The molecule has 0 aliphatic carbocycles. The molecule has 4 aromatic rings. The molecule has 0 bridgehead atoms. The zero-order chi connectivity index (χ0) is 27.9. The molecule has 3 atom stereocenters. The van der Waals surface area contributed by atoms with Crippen LogP contribution in [0, 0.1) is 12.8 Å². The van der Waals surface area contributed by atoms with Crippen molar-refractivity contribution in [1.29, 1.82) is 0 Å². The van der Waals surface area contributed by atoms with Crippen LogP contribution in [0.2, 0.25) is 0 Å². The first-order valence-corrected chi connectivity index (χ1v) is 14.8. The lowest BCUT2D eigenvalue weighted by molar-refractivity contribution is 0.284. The maximum Gasteiger partial charge on any atom is 0.217 e. The predicted molar refractivity (Wildman–Crippen MR) is 150 cm³/mol. The van der Waals surface area contributed by atoms with E-state index >= 15 is 0 Å². The van der Waals surface area contributed by atoms with E-state index in [0.717, 1.165) is 27.8 Å². The molecule has 0 spiro atoms. The van der Waals surface area contributed by atoms with E-state index in [0.29, 0.717) is 36.3 Å². The minimum absolute atomic E-state index is 0.0433. The molecule has 0 radical (unpaired) electrons. The van der Waals surface area contributed by atoms with Crippen LogP contribution in [0.25, 0.3) is 28.0 Å². The monoisotopic (exact) mass is 551 g/mol. The first-order chi connectivity index (χ1) is 18.5. The molecule has 1 aliphatic heterocycles. The summed E-state index contributed by atoms with van der Waals surface area (Å²) in [5.41, 5.74) is 9.91. The number of anilines is 1. The minimum atomic E-state index is -3.06. The van der Waals surface area contributed by atoms with Crippen molar-refractivity contribution in [2.24, 2.45) is 11.7 Å². The van der Waals surface area contributed by atoms with Crippen molar-refractivity contribution in [3.05, 3.63) is 48.5 Å². The largest absolute Gasteiger partial charge is 0.496 e. The number of ether oxygens (including phenoxy) is 2. The third-order valence-electron chi connectivity index (χ3n) is 6.97. The molecule has 12 heteroatoms. The Morgan fingerprint density at radius 3 is 2.69 bits per heavy atom. The summed E-state index contributed by atoms with van der Waals surface area (Å²) < 4.78 is 37.0. The molecular weight excluding hydrogens is 518 g/mol. The third-order valence-corrected chi connectivity index (χ3v) is 8.01. The number of methoxy groups -OCH3 is 1. The van der Waals surface area contributed by atoms with Crippen LogP contribution < -0.4 is 20.1 Å². The molecule has 1 aliphatic rings. The van der Waals surface area contributed by atoms with E-state index < -0.39 is 9.84 Å². The van der Waals surface area contributed by atoms with Crippen molar-refractivity contribution < 1.29 is 17.9 Å². The summed E-state index contributed by atoms with van der Waals surface area (Å²) in [7, 11) is -1.45. The van der Waals surface area contributed by atoms with Crippen molar-refractivity contribution in [1.82, 2.24) is 24.7 Å². The van der Waals surface area contributed by atoms with Crippen molar-refractivity contribution >= 4 is 26.4 Å². The fourth-order valence-electron chi connectivity index (χ4n) is 4.90. The van der Waals surface area contributed by atoms with E-state index in [1.165, 1.54) is 6.26 Å². The van der Waals surface area contributed by atoms with E-state index in [-0.39, 0.29) is 23.8 Å². The summed E-state index contributed by atoms with van der Waals surface area (Å²) in [6.45, 7) is 6.76. The van der Waals surface area contributed by atoms with Gasteiger partial charge >= 0.3 is 0 Å². The zero-order valence-corrected chi connectivity index (χ0v) is 23.5. The maximum absolute atomic E-state index is 11.9. The molecule has 1 saturated heterocycles. The van der Waals surface area contributed by atoms with Gasteiger partial charge < -0.3 is 20.1 Å². The Morgan fingerprint density at radius 2 is 2.00 bits per heavy atom. The Morgan fingerprint density at radius 1 is 1.21 bits per heavy atom. The Hall–Kier alpha value is -3.77. The highest BCUT2D eigenvalue weighted by Gasteiger charge is 2.38. The van der Waals surface area contributed by atoms with Gasteiger partial charge in [-0.1, -0.05) is 0 Å². The topological polar surface area (TPSA) is 138 Å². The summed E-state index contributed by atoms with van der Waals surface area (Å²) in [6.07, 6.45) is 6.45. The summed E-state index contributed by atoms with van der Waals surface area (Å²) in [4.78, 5) is 15.9. The highest BCUT2D eigenvalue weighted by atomic mass is 32.2. The summed E-state index contributed by atoms with van der Waals surface area (Å²) in [5, 5.41) is 5.54. The highest BCUT2D eigenvalue weighted by Crippen LogP contribution is 2.36. The number of aromatic nitrogens is 5. The molecule has 5 rings (SSSR count). The van der Waals surface area contributed by atoms with Gasteiger partial charge in [-0.25, -0.2) is 13.1 Å². The standard InChI is InChI=1S/C27H33N7O4S/c1-16(28)14-38-27-9-20(33-13-19(18(33)3)15-39(5,35)36)8-26(32-27)34-24-10-23(31-17(2)21(24)12-30-34)22-11-29-7-6-25(22)37-4/h6-12,16,18-19H,13-15,28H2,1-5H3/t16?,18-,19-/m1/s1. The van der Waals surface area contributed by atoms with Crippen molar-refractivity contribution in [3.63, 3.8) is 0 Å². The van der Waals surface area contributed by atoms with Crippen LogP contribution in [0.15, 0.2) is 42.9 Å². The highest BCUT2D eigenvalue weighted by molar-refractivity contribution is 7.90. The Balaban J connectivity index is 1.58. The molecular formula is C27H33N7O4S. The second-order valence-corrected chi connectivity index (χ2v) is 12.4. The zero-order valence-electron chi connectivity index (χ0n) is 22.7. The van der Waals surface area contributed by atoms with E-state index in [2.05, 4.69) is 15.0 Å². The first kappa shape index (κ1) is 26.8. The van der Waals surface area contributed by atoms with E-state index in [4.69, 9.17) is 25.2 Å². The second-order valence-electron chi connectivity index (χ2n) is 10.2. The fourth-order valence-corrected chi connectivity index (χ4v) is 6.06. The lowest BCUT2D eigenvalue weighted by Gasteiger charge is -2.48. The average molecular weight is 552 g/mol. The van der Waals surface area contributed by atoms with Crippen molar-refractivity contribution in [2.75, 3.05) is 37.2 Å². The smallest absolute Gasteiger partial charge is 0.217 e. The summed E-state index contributed by atoms with van der Waals surface area (Å²) >= 11 is 0. The normalized spacial score (nSPS) is 18.2. The Kier molecular flexibility index (Phi) is 7.17. The molecule has 11 nitrogen and oxygen atoms in total. The number of pyridine rings is 3. The molecule has 0 amide bonds. The maximum atomic E-state index is 11.9. The molecule has 39 heavy (non-hydrogen) atoms. The van der Waals surface area contributed by atoms with Crippen molar-refractivity contribution in [2.45, 2.75) is 32.9 Å². The van der Waals surface area contributed by atoms with Crippen LogP contribution in [-0.2, 0) is 9.84 Å². The van der Waals surface area contributed by atoms with Gasteiger partial charge in [0, 0.05) is 72.1 Å². The Bertz CT molecular complexity index is 1620. The molecule has 1 fully saturated rings. The van der Waals surface area contributed by atoms with Crippen LogP contribution >= 0.6 is 0 Å². The summed E-state index contributed by atoms with van der Waals surface area (Å²) in [5.74, 6) is 1.87. The number of nitrogens with two attached hydrogens (primary N) is 1. The molecule has 206 valence electrons. The third kappa shape index (κ3) is 5.52. The first-order valence-electron chi connectivity index (χ1n) is 12.7.